The van der Waals surface area contributed by atoms with Crippen LogP contribution in [0.3, 0.4) is 0 Å². The van der Waals surface area contributed by atoms with E-state index in [4.69, 9.17) is 9.47 Å². The lowest BCUT2D eigenvalue weighted by atomic mass is 10.0. The monoisotopic (exact) mass is 224 g/mol. The van der Waals surface area contributed by atoms with Crippen molar-refractivity contribution in [2.45, 2.75) is 19.8 Å². The summed E-state index contributed by atoms with van der Waals surface area (Å²) in [5.74, 6) is 0.956. The minimum atomic E-state index is -0.204. The Bertz CT molecular complexity index is 346. The Morgan fingerprint density at radius 1 is 1.38 bits per heavy atom. The van der Waals surface area contributed by atoms with Crippen molar-refractivity contribution in [1.82, 2.24) is 0 Å². The fraction of sp³-hybridized carbons (Fsp3) is 0.538. The third kappa shape index (κ3) is 2.95. The minimum absolute atomic E-state index is 0.204. The standard InChI is InChI=1S/C13H17FO2/c1-10-2-3-12(8-13(10)14)16-9-11-4-6-15-7-5-11/h2-3,8,11H,4-7,9H2,1H3. The Labute approximate surface area is 95.4 Å². The predicted molar refractivity (Wildman–Crippen MR) is 60.2 cm³/mol. The lowest BCUT2D eigenvalue weighted by molar-refractivity contribution is 0.0497. The van der Waals surface area contributed by atoms with Crippen LogP contribution in [0.5, 0.6) is 5.75 Å². The van der Waals surface area contributed by atoms with Gasteiger partial charge in [-0.1, -0.05) is 6.07 Å². The molecule has 1 heterocycles. The molecule has 0 N–H and O–H groups in total. The first-order valence-corrected chi connectivity index (χ1v) is 5.72. The van der Waals surface area contributed by atoms with E-state index < -0.39 is 0 Å². The first-order chi connectivity index (χ1) is 7.75. The molecule has 1 aliphatic heterocycles. The number of hydrogen-bond acceptors (Lipinski definition) is 2. The van der Waals surface area contributed by atoms with E-state index in [2.05, 4.69) is 0 Å². The molecule has 0 amide bonds. The first kappa shape index (κ1) is 11.4. The van der Waals surface area contributed by atoms with Gasteiger partial charge >= 0.3 is 0 Å². The largest absolute Gasteiger partial charge is 0.493 e. The van der Waals surface area contributed by atoms with Crippen LogP contribution >= 0.6 is 0 Å². The molecular weight excluding hydrogens is 207 g/mol. The van der Waals surface area contributed by atoms with Gasteiger partial charge in [0.2, 0.25) is 0 Å². The smallest absolute Gasteiger partial charge is 0.129 e. The van der Waals surface area contributed by atoms with Gasteiger partial charge < -0.3 is 9.47 Å². The highest BCUT2D eigenvalue weighted by atomic mass is 19.1. The molecule has 0 spiro atoms. The van der Waals surface area contributed by atoms with Crippen LogP contribution in [-0.4, -0.2) is 19.8 Å². The maximum absolute atomic E-state index is 13.2. The normalized spacial score (nSPS) is 17.4. The van der Waals surface area contributed by atoms with Gasteiger partial charge in [0.05, 0.1) is 6.61 Å². The zero-order chi connectivity index (χ0) is 11.4. The summed E-state index contributed by atoms with van der Waals surface area (Å²) in [5, 5.41) is 0. The summed E-state index contributed by atoms with van der Waals surface area (Å²) in [6.45, 7) is 4.04. The third-order valence-corrected chi connectivity index (χ3v) is 2.97. The molecule has 0 saturated carbocycles. The Kier molecular flexibility index (Phi) is 3.78. The van der Waals surface area contributed by atoms with Gasteiger partial charge in [-0.3, -0.25) is 0 Å². The molecular formula is C13H17FO2. The summed E-state index contributed by atoms with van der Waals surface area (Å²) in [6.07, 6.45) is 2.07. The molecule has 1 saturated heterocycles. The second kappa shape index (κ2) is 5.30. The Morgan fingerprint density at radius 2 is 2.12 bits per heavy atom. The first-order valence-electron chi connectivity index (χ1n) is 5.72. The van der Waals surface area contributed by atoms with Crippen LogP contribution in [0.25, 0.3) is 0 Å². The van der Waals surface area contributed by atoms with Gasteiger partial charge in [0.25, 0.3) is 0 Å². The van der Waals surface area contributed by atoms with Crippen LogP contribution in [0.2, 0.25) is 0 Å². The van der Waals surface area contributed by atoms with Crippen molar-refractivity contribution >= 4 is 0 Å². The molecule has 0 unspecified atom stereocenters. The fourth-order valence-corrected chi connectivity index (χ4v) is 1.79. The average Bonchev–Trinajstić information content (AvgIpc) is 2.32. The summed E-state index contributed by atoms with van der Waals surface area (Å²) in [4.78, 5) is 0. The molecule has 16 heavy (non-hydrogen) atoms. The van der Waals surface area contributed by atoms with Crippen LogP contribution in [0.1, 0.15) is 18.4 Å². The van der Waals surface area contributed by atoms with Gasteiger partial charge in [-0.25, -0.2) is 4.39 Å². The van der Waals surface area contributed by atoms with Gasteiger partial charge in [0.1, 0.15) is 11.6 Å². The van der Waals surface area contributed by atoms with Gasteiger partial charge in [-0.15, -0.1) is 0 Å². The van der Waals surface area contributed by atoms with E-state index in [1.54, 1.807) is 13.0 Å². The van der Waals surface area contributed by atoms with Crippen molar-refractivity contribution in [1.29, 1.82) is 0 Å². The molecule has 2 rings (SSSR count). The fourth-order valence-electron chi connectivity index (χ4n) is 1.79. The van der Waals surface area contributed by atoms with Crippen LogP contribution in [-0.2, 0) is 4.74 Å². The van der Waals surface area contributed by atoms with Crippen LogP contribution in [0.15, 0.2) is 18.2 Å². The van der Waals surface area contributed by atoms with Crippen LogP contribution in [0.4, 0.5) is 4.39 Å². The van der Waals surface area contributed by atoms with Gasteiger partial charge in [0, 0.05) is 19.3 Å². The SMILES string of the molecule is Cc1ccc(OCC2CCOCC2)cc1F. The Morgan fingerprint density at radius 3 is 2.81 bits per heavy atom. The van der Waals surface area contributed by atoms with Crippen molar-refractivity contribution in [3.63, 3.8) is 0 Å². The van der Waals surface area contributed by atoms with E-state index in [1.165, 1.54) is 6.07 Å². The second-order valence-electron chi connectivity index (χ2n) is 4.28. The van der Waals surface area contributed by atoms with E-state index in [0.717, 1.165) is 26.1 Å². The summed E-state index contributed by atoms with van der Waals surface area (Å²) in [6, 6.07) is 5.01. The van der Waals surface area contributed by atoms with Gasteiger partial charge in [0.15, 0.2) is 0 Å². The number of ether oxygens (including phenoxy) is 2. The van der Waals surface area contributed by atoms with Gasteiger partial charge in [-0.05, 0) is 37.3 Å². The van der Waals surface area contributed by atoms with Crippen molar-refractivity contribution in [2.24, 2.45) is 5.92 Å². The maximum atomic E-state index is 13.2. The molecule has 1 fully saturated rings. The van der Waals surface area contributed by atoms with Crippen molar-refractivity contribution in [2.75, 3.05) is 19.8 Å². The Balaban J connectivity index is 1.86. The zero-order valence-corrected chi connectivity index (χ0v) is 9.54. The van der Waals surface area contributed by atoms with Crippen molar-refractivity contribution in [3.8, 4) is 5.75 Å². The Hall–Kier alpha value is -1.09. The molecule has 2 nitrogen and oxygen atoms in total. The summed E-state index contributed by atoms with van der Waals surface area (Å²) >= 11 is 0. The molecule has 1 aromatic rings. The van der Waals surface area contributed by atoms with Crippen LogP contribution in [0, 0.1) is 18.7 Å². The lowest BCUT2D eigenvalue weighted by Gasteiger charge is -2.22. The molecule has 0 atom stereocenters. The zero-order valence-electron chi connectivity index (χ0n) is 9.54. The second-order valence-corrected chi connectivity index (χ2v) is 4.28. The molecule has 0 aromatic heterocycles. The molecule has 1 aromatic carbocycles. The summed E-state index contributed by atoms with van der Waals surface area (Å²) in [5.41, 5.74) is 0.651. The molecule has 0 bridgehead atoms. The summed E-state index contributed by atoms with van der Waals surface area (Å²) in [7, 11) is 0. The summed E-state index contributed by atoms with van der Waals surface area (Å²) < 4.78 is 24.1. The highest BCUT2D eigenvalue weighted by molar-refractivity contribution is 5.27. The topological polar surface area (TPSA) is 18.5 Å². The quantitative estimate of drug-likeness (QED) is 0.786. The number of hydrogen-bond donors (Lipinski definition) is 0. The number of benzene rings is 1. The van der Waals surface area contributed by atoms with E-state index in [9.17, 15) is 4.39 Å². The minimum Gasteiger partial charge on any atom is -0.493 e. The van der Waals surface area contributed by atoms with E-state index in [-0.39, 0.29) is 5.82 Å². The highest BCUT2D eigenvalue weighted by Crippen LogP contribution is 2.19. The van der Waals surface area contributed by atoms with E-state index in [1.807, 2.05) is 6.07 Å². The number of rotatable bonds is 3. The van der Waals surface area contributed by atoms with Crippen molar-refractivity contribution in [3.05, 3.63) is 29.6 Å². The average molecular weight is 224 g/mol. The lowest BCUT2D eigenvalue weighted by Crippen LogP contribution is -2.21. The highest BCUT2D eigenvalue weighted by Gasteiger charge is 2.14. The number of aryl methyl sites for hydroxylation is 1. The molecule has 88 valence electrons. The molecule has 3 heteroatoms. The molecule has 0 aliphatic carbocycles. The number of halogens is 1. The molecule has 0 radical (unpaired) electrons. The van der Waals surface area contributed by atoms with Crippen LogP contribution < -0.4 is 4.74 Å². The van der Waals surface area contributed by atoms with E-state index in [0.29, 0.717) is 23.8 Å². The van der Waals surface area contributed by atoms with E-state index >= 15 is 0 Å². The maximum Gasteiger partial charge on any atom is 0.129 e. The van der Waals surface area contributed by atoms with Gasteiger partial charge in [-0.2, -0.15) is 0 Å². The molecule has 1 aliphatic rings. The van der Waals surface area contributed by atoms with Crippen molar-refractivity contribution < 1.29 is 13.9 Å². The predicted octanol–water partition coefficient (Wildman–Crippen LogP) is 2.94. The third-order valence-electron chi connectivity index (χ3n) is 2.97.